The van der Waals surface area contributed by atoms with E-state index in [9.17, 15) is 30.6 Å². The quantitative estimate of drug-likeness (QED) is 0.185. The molecule has 0 aromatic heterocycles. The molecule has 182 valence electrons. The molecule has 14 N–H and O–H groups in total. The van der Waals surface area contributed by atoms with Gasteiger partial charge < -0.3 is 72.5 Å². The molecule has 2 aliphatic heterocycles. The van der Waals surface area contributed by atoms with Crippen molar-refractivity contribution in [1.82, 2.24) is 0 Å². The number of hydrogen-bond acceptors (Lipinski definition) is 14. The topological polar surface area (TPSA) is 262 Å². The average Bonchev–Trinajstić information content (AvgIpc) is 2.73. The first-order valence-corrected chi connectivity index (χ1v) is 10.2. The number of aliphatic hydroxyl groups is 6. The van der Waals surface area contributed by atoms with Gasteiger partial charge in [-0.2, -0.15) is 0 Å². The Morgan fingerprint density at radius 3 is 1.90 bits per heavy atom. The fourth-order valence-corrected chi connectivity index (χ4v) is 4.12. The second-order valence-electron chi connectivity index (χ2n) is 8.34. The normalized spacial score (nSPS) is 54.0. The van der Waals surface area contributed by atoms with Crippen molar-refractivity contribution < 1.29 is 49.6 Å². The highest BCUT2D eigenvalue weighted by atomic mass is 16.7. The Hall–Kier alpha value is -0.560. The van der Waals surface area contributed by atoms with Gasteiger partial charge in [-0.05, 0) is 6.42 Å². The third kappa shape index (κ3) is 5.02. The molecule has 3 rings (SSSR count). The second kappa shape index (κ2) is 10.1. The summed E-state index contributed by atoms with van der Waals surface area (Å²) in [6.45, 7) is -0.391. The van der Waals surface area contributed by atoms with Crippen molar-refractivity contribution in [1.29, 1.82) is 0 Å². The zero-order chi connectivity index (χ0) is 23.0. The Morgan fingerprint density at radius 1 is 0.742 bits per heavy atom. The zero-order valence-electron chi connectivity index (χ0n) is 16.8. The standard InChI is InChI=1S/C17H34N4O10/c18-2-7-10(24)11(25)8(21)16(29-7)30-14-4(19)1-5(20)15(13(14)27)31-17-12(26)9(23)6(22)3-28-17/h4-17,22-27H,1-3,18-21H2/t4?,5?,6?,7?,8?,9-,10-,11-,12?,13+,14-,15-,16-,17?/m1/s1. The van der Waals surface area contributed by atoms with Crippen molar-refractivity contribution in [3.05, 3.63) is 0 Å². The number of aliphatic hydroxyl groups excluding tert-OH is 6. The Labute approximate surface area is 178 Å². The molecular formula is C17H34N4O10. The number of hydrogen-bond donors (Lipinski definition) is 10. The molecule has 1 saturated carbocycles. The Bertz CT molecular complexity index is 591. The van der Waals surface area contributed by atoms with Gasteiger partial charge in [-0.25, -0.2) is 0 Å². The van der Waals surface area contributed by atoms with Gasteiger partial charge in [-0.1, -0.05) is 0 Å². The first-order valence-electron chi connectivity index (χ1n) is 10.2. The molecule has 14 atom stereocenters. The highest BCUT2D eigenvalue weighted by Gasteiger charge is 2.50. The van der Waals surface area contributed by atoms with Crippen molar-refractivity contribution in [2.24, 2.45) is 22.9 Å². The maximum Gasteiger partial charge on any atom is 0.186 e. The van der Waals surface area contributed by atoms with Crippen molar-refractivity contribution in [2.75, 3.05) is 13.2 Å². The van der Waals surface area contributed by atoms with Crippen LogP contribution in [0.3, 0.4) is 0 Å². The van der Waals surface area contributed by atoms with Gasteiger partial charge in [0.25, 0.3) is 0 Å². The SMILES string of the molecule is NCC1O[C@H](O[C@@H]2C(N)CC(N)[C@@H](OC3OCC(O)[C@@H](O)C3O)[C@H]2O)C(N)[C@@H](O)[C@@H]1O. The third-order valence-electron chi connectivity index (χ3n) is 6.08. The summed E-state index contributed by atoms with van der Waals surface area (Å²) in [5, 5.41) is 60.5. The van der Waals surface area contributed by atoms with Gasteiger partial charge in [0.15, 0.2) is 12.6 Å². The molecule has 14 nitrogen and oxygen atoms in total. The Kier molecular flexibility index (Phi) is 8.21. The summed E-state index contributed by atoms with van der Waals surface area (Å²) < 4.78 is 22.2. The van der Waals surface area contributed by atoms with E-state index in [0.29, 0.717) is 0 Å². The van der Waals surface area contributed by atoms with Crippen LogP contribution in [0.25, 0.3) is 0 Å². The predicted octanol–water partition coefficient (Wildman–Crippen LogP) is -6.65. The molecule has 0 aromatic carbocycles. The lowest BCUT2D eigenvalue weighted by molar-refractivity contribution is -0.315. The first kappa shape index (κ1) is 25.1. The molecule has 14 heteroatoms. The third-order valence-corrected chi connectivity index (χ3v) is 6.08. The second-order valence-corrected chi connectivity index (χ2v) is 8.34. The van der Waals surface area contributed by atoms with Crippen LogP contribution in [-0.2, 0) is 18.9 Å². The summed E-state index contributed by atoms with van der Waals surface area (Å²) in [5.74, 6) is 0. The summed E-state index contributed by atoms with van der Waals surface area (Å²) >= 11 is 0. The fraction of sp³-hybridized carbons (Fsp3) is 1.00. The minimum absolute atomic E-state index is 0.105. The maximum atomic E-state index is 10.9. The lowest BCUT2D eigenvalue weighted by Gasteiger charge is -2.47. The Morgan fingerprint density at radius 2 is 1.32 bits per heavy atom. The minimum Gasteiger partial charge on any atom is -0.388 e. The lowest BCUT2D eigenvalue weighted by Crippen LogP contribution is -2.68. The van der Waals surface area contributed by atoms with Crippen LogP contribution in [0.4, 0.5) is 0 Å². The van der Waals surface area contributed by atoms with E-state index in [4.69, 9.17) is 41.9 Å². The van der Waals surface area contributed by atoms with Crippen LogP contribution < -0.4 is 22.9 Å². The summed E-state index contributed by atoms with van der Waals surface area (Å²) in [6.07, 6.45) is -14.1. The highest BCUT2D eigenvalue weighted by molar-refractivity contribution is 5.01. The zero-order valence-corrected chi connectivity index (χ0v) is 16.8. The van der Waals surface area contributed by atoms with E-state index in [0.717, 1.165) is 0 Å². The van der Waals surface area contributed by atoms with Crippen molar-refractivity contribution in [3.63, 3.8) is 0 Å². The molecule has 0 amide bonds. The molecule has 2 heterocycles. The molecule has 2 saturated heterocycles. The van der Waals surface area contributed by atoms with Crippen LogP contribution in [0, 0.1) is 0 Å². The van der Waals surface area contributed by atoms with Gasteiger partial charge in [-0.3, -0.25) is 0 Å². The molecule has 31 heavy (non-hydrogen) atoms. The molecule has 3 fully saturated rings. The monoisotopic (exact) mass is 454 g/mol. The van der Waals surface area contributed by atoms with Crippen LogP contribution in [0.1, 0.15) is 6.42 Å². The Balaban J connectivity index is 1.70. The summed E-state index contributed by atoms with van der Waals surface area (Å²) in [6, 6.07) is -2.67. The summed E-state index contributed by atoms with van der Waals surface area (Å²) in [7, 11) is 0. The molecule has 3 aliphatic rings. The lowest BCUT2D eigenvalue weighted by atomic mass is 9.84. The first-order chi connectivity index (χ1) is 14.6. The van der Waals surface area contributed by atoms with E-state index in [1.54, 1.807) is 0 Å². The number of rotatable bonds is 5. The van der Waals surface area contributed by atoms with E-state index in [-0.39, 0.29) is 19.6 Å². The van der Waals surface area contributed by atoms with Gasteiger partial charge in [0, 0.05) is 18.6 Å². The molecule has 0 spiro atoms. The minimum atomic E-state index is -1.57. The largest absolute Gasteiger partial charge is 0.388 e. The van der Waals surface area contributed by atoms with Gasteiger partial charge in [0.2, 0.25) is 0 Å². The molecule has 0 bridgehead atoms. The van der Waals surface area contributed by atoms with Crippen LogP contribution in [0.2, 0.25) is 0 Å². The predicted molar refractivity (Wildman–Crippen MR) is 102 cm³/mol. The van der Waals surface area contributed by atoms with Crippen LogP contribution in [0.15, 0.2) is 0 Å². The van der Waals surface area contributed by atoms with E-state index in [2.05, 4.69) is 0 Å². The van der Waals surface area contributed by atoms with Gasteiger partial charge in [-0.15, -0.1) is 0 Å². The van der Waals surface area contributed by atoms with Gasteiger partial charge in [0.05, 0.1) is 12.6 Å². The van der Waals surface area contributed by atoms with E-state index in [1.807, 2.05) is 0 Å². The number of nitrogens with two attached hydrogens (primary N) is 4. The van der Waals surface area contributed by atoms with Crippen LogP contribution >= 0.6 is 0 Å². The van der Waals surface area contributed by atoms with E-state index in [1.165, 1.54) is 0 Å². The molecule has 1 aliphatic carbocycles. The smallest absolute Gasteiger partial charge is 0.186 e. The van der Waals surface area contributed by atoms with Gasteiger partial charge in [0.1, 0.15) is 54.9 Å². The van der Waals surface area contributed by atoms with Crippen molar-refractivity contribution in [3.8, 4) is 0 Å². The summed E-state index contributed by atoms with van der Waals surface area (Å²) in [4.78, 5) is 0. The van der Waals surface area contributed by atoms with Crippen LogP contribution in [0.5, 0.6) is 0 Å². The van der Waals surface area contributed by atoms with Gasteiger partial charge >= 0.3 is 0 Å². The average molecular weight is 454 g/mol. The van der Waals surface area contributed by atoms with E-state index < -0.39 is 85.6 Å². The van der Waals surface area contributed by atoms with Crippen molar-refractivity contribution in [2.45, 2.75) is 92.1 Å². The molecular weight excluding hydrogens is 420 g/mol. The molecule has 0 aromatic rings. The van der Waals surface area contributed by atoms with Crippen LogP contribution in [-0.4, -0.2) is 129 Å². The highest BCUT2D eigenvalue weighted by Crippen LogP contribution is 2.30. The maximum absolute atomic E-state index is 10.9. The number of ether oxygens (including phenoxy) is 4. The van der Waals surface area contributed by atoms with Crippen molar-refractivity contribution >= 4 is 0 Å². The van der Waals surface area contributed by atoms with E-state index >= 15 is 0 Å². The molecule has 7 unspecified atom stereocenters. The fourth-order valence-electron chi connectivity index (χ4n) is 4.12. The molecule has 0 radical (unpaired) electrons. The summed E-state index contributed by atoms with van der Waals surface area (Å²) in [5.41, 5.74) is 23.6.